The van der Waals surface area contributed by atoms with Gasteiger partial charge in [0, 0.05) is 16.2 Å². The van der Waals surface area contributed by atoms with E-state index in [-0.39, 0.29) is 0 Å². The number of carboxylic acids is 1. The van der Waals surface area contributed by atoms with Gasteiger partial charge in [-0.25, -0.2) is 4.79 Å². The maximum absolute atomic E-state index is 10.8. The van der Waals surface area contributed by atoms with Gasteiger partial charge in [-0.15, -0.1) is 0 Å². The number of carboxylic acid groups (broad SMARTS) is 1. The molecule has 2 N–H and O–H groups in total. The summed E-state index contributed by atoms with van der Waals surface area (Å²) in [5.41, 5.74) is 1.29. The van der Waals surface area contributed by atoms with E-state index in [1.165, 1.54) is 25.7 Å². The molecule has 0 bridgehead atoms. The van der Waals surface area contributed by atoms with E-state index < -0.39 is 5.97 Å². The van der Waals surface area contributed by atoms with E-state index in [4.69, 9.17) is 5.11 Å². The quantitative estimate of drug-likeness (QED) is 0.893. The summed E-state index contributed by atoms with van der Waals surface area (Å²) in [5.74, 6) is -0.895. The summed E-state index contributed by atoms with van der Waals surface area (Å²) in [7, 11) is 0. The number of hydrogen-bond acceptors (Lipinski definition) is 2. The van der Waals surface area contributed by atoms with E-state index in [0.29, 0.717) is 11.6 Å². The number of anilines is 1. The highest BCUT2D eigenvalue weighted by atomic mass is 79.9. The number of benzene rings is 1. The number of hydrogen-bond donors (Lipinski definition) is 2. The van der Waals surface area contributed by atoms with Crippen molar-refractivity contribution in [1.29, 1.82) is 0 Å². The van der Waals surface area contributed by atoms with Gasteiger partial charge in [-0.05, 0) is 47.0 Å². The summed E-state index contributed by atoms with van der Waals surface area (Å²) < 4.78 is 0.819. The van der Waals surface area contributed by atoms with Crippen molar-refractivity contribution in [2.45, 2.75) is 31.7 Å². The molecular formula is C12H14BrNO2. The Morgan fingerprint density at radius 3 is 2.62 bits per heavy atom. The second kappa shape index (κ2) is 4.87. The summed E-state index contributed by atoms with van der Waals surface area (Å²) in [5, 5.41) is 12.3. The standard InChI is InChI=1S/C12H14BrNO2/c13-10-7-8(12(15)16)5-6-11(10)14-9-3-1-2-4-9/h5-7,9,14H,1-4H2,(H,15,16). The molecule has 86 valence electrons. The van der Waals surface area contributed by atoms with E-state index in [9.17, 15) is 4.79 Å². The zero-order chi connectivity index (χ0) is 11.5. The molecule has 1 aliphatic rings. The van der Waals surface area contributed by atoms with E-state index in [2.05, 4.69) is 21.2 Å². The van der Waals surface area contributed by atoms with Crippen LogP contribution in [0.25, 0.3) is 0 Å². The van der Waals surface area contributed by atoms with E-state index in [0.717, 1.165) is 10.2 Å². The lowest BCUT2D eigenvalue weighted by molar-refractivity contribution is 0.0697. The highest BCUT2D eigenvalue weighted by molar-refractivity contribution is 9.10. The van der Waals surface area contributed by atoms with Gasteiger partial charge in [0.2, 0.25) is 0 Å². The topological polar surface area (TPSA) is 49.3 Å². The number of halogens is 1. The lowest BCUT2D eigenvalue weighted by Crippen LogP contribution is -2.14. The Labute approximate surface area is 103 Å². The molecule has 16 heavy (non-hydrogen) atoms. The second-order valence-corrected chi connectivity index (χ2v) is 4.98. The van der Waals surface area contributed by atoms with Crippen molar-refractivity contribution in [3.63, 3.8) is 0 Å². The Hall–Kier alpha value is -1.03. The van der Waals surface area contributed by atoms with Crippen LogP contribution in [0, 0.1) is 0 Å². The van der Waals surface area contributed by atoms with Crippen LogP contribution in [0.2, 0.25) is 0 Å². The molecule has 1 aromatic carbocycles. The molecule has 2 rings (SSSR count). The van der Waals surface area contributed by atoms with Gasteiger partial charge in [-0.1, -0.05) is 12.8 Å². The van der Waals surface area contributed by atoms with Gasteiger partial charge < -0.3 is 10.4 Å². The van der Waals surface area contributed by atoms with Crippen molar-refractivity contribution >= 4 is 27.6 Å². The van der Waals surface area contributed by atoms with Gasteiger partial charge in [-0.3, -0.25) is 0 Å². The first-order chi connectivity index (χ1) is 7.66. The second-order valence-electron chi connectivity index (χ2n) is 4.13. The maximum atomic E-state index is 10.8. The van der Waals surface area contributed by atoms with Crippen LogP contribution >= 0.6 is 15.9 Å². The normalized spacial score (nSPS) is 16.3. The van der Waals surface area contributed by atoms with Gasteiger partial charge in [0.05, 0.1) is 5.56 Å². The minimum atomic E-state index is -0.895. The van der Waals surface area contributed by atoms with Crippen molar-refractivity contribution in [2.24, 2.45) is 0 Å². The summed E-state index contributed by atoms with van der Waals surface area (Å²) >= 11 is 3.40. The van der Waals surface area contributed by atoms with Gasteiger partial charge in [-0.2, -0.15) is 0 Å². The minimum Gasteiger partial charge on any atom is -0.478 e. The smallest absolute Gasteiger partial charge is 0.335 e. The van der Waals surface area contributed by atoms with Gasteiger partial charge in [0.15, 0.2) is 0 Å². The molecule has 0 heterocycles. The third-order valence-corrected chi connectivity index (χ3v) is 3.59. The van der Waals surface area contributed by atoms with E-state index >= 15 is 0 Å². The Kier molecular flexibility index (Phi) is 3.49. The molecule has 4 heteroatoms. The number of aromatic carboxylic acids is 1. The van der Waals surface area contributed by atoms with Crippen LogP contribution in [0.15, 0.2) is 22.7 Å². The first-order valence-corrected chi connectivity index (χ1v) is 6.25. The van der Waals surface area contributed by atoms with Gasteiger partial charge in [0.25, 0.3) is 0 Å². The molecule has 0 aliphatic heterocycles. The highest BCUT2D eigenvalue weighted by Crippen LogP contribution is 2.28. The molecule has 0 spiro atoms. The van der Waals surface area contributed by atoms with Crippen molar-refractivity contribution in [2.75, 3.05) is 5.32 Å². The molecule has 3 nitrogen and oxygen atoms in total. The molecule has 0 saturated heterocycles. The predicted octanol–water partition coefficient (Wildman–Crippen LogP) is 3.50. The number of rotatable bonds is 3. The van der Waals surface area contributed by atoms with Crippen molar-refractivity contribution in [1.82, 2.24) is 0 Å². The fraction of sp³-hybridized carbons (Fsp3) is 0.417. The lowest BCUT2D eigenvalue weighted by atomic mass is 10.2. The van der Waals surface area contributed by atoms with Crippen molar-refractivity contribution < 1.29 is 9.90 Å². The third kappa shape index (κ3) is 2.55. The lowest BCUT2D eigenvalue weighted by Gasteiger charge is -2.15. The SMILES string of the molecule is O=C(O)c1ccc(NC2CCCC2)c(Br)c1. The molecule has 1 aromatic rings. The zero-order valence-electron chi connectivity index (χ0n) is 8.87. The van der Waals surface area contributed by atoms with Crippen molar-refractivity contribution in [3.8, 4) is 0 Å². The fourth-order valence-corrected chi connectivity index (χ4v) is 2.55. The average Bonchev–Trinajstić information content (AvgIpc) is 2.73. The van der Waals surface area contributed by atoms with Crippen LogP contribution in [0.3, 0.4) is 0 Å². The van der Waals surface area contributed by atoms with Crippen LogP contribution in [-0.4, -0.2) is 17.1 Å². The summed E-state index contributed by atoms with van der Waals surface area (Å²) in [6.07, 6.45) is 4.96. The maximum Gasteiger partial charge on any atom is 0.335 e. The van der Waals surface area contributed by atoms with Gasteiger partial charge in [0.1, 0.15) is 0 Å². The number of carbonyl (C=O) groups is 1. The molecule has 0 aromatic heterocycles. The molecule has 0 atom stereocenters. The monoisotopic (exact) mass is 283 g/mol. The van der Waals surface area contributed by atoms with E-state index in [1.807, 2.05) is 6.07 Å². The van der Waals surface area contributed by atoms with Crippen molar-refractivity contribution in [3.05, 3.63) is 28.2 Å². The van der Waals surface area contributed by atoms with Crippen LogP contribution in [0.4, 0.5) is 5.69 Å². The first kappa shape index (κ1) is 11.5. The third-order valence-electron chi connectivity index (χ3n) is 2.93. The minimum absolute atomic E-state index is 0.309. The Morgan fingerprint density at radius 2 is 2.06 bits per heavy atom. The first-order valence-electron chi connectivity index (χ1n) is 5.46. The van der Waals surface area contributed by atoms with Crippen LogP contribution in [-0.2, 0) is 0 Å². The van der Waals surface area contributed by atoms with Crippen LogP contribution < -0.4 is 5.32 Å². The summed E-state index contributed by atoms with van der Waals surface area (Å²) in [6, 6.07) is 5.63. The zero-order valence-corrected chi connectivity index (χ0v) is 10.5. The predicted molar refractivity (Wildman–Crippen MR) is 67.0 cm³/mol. The molecule has 0 radical (unpaired) electrons. The fourth-order valence-electron chi connectivity index (χ4n) is 2.06. The molecule has 1 fully saturated rings. The number of nitrogens with one attached hydrogen (secondary N) is 1. The Balaban J connectivity index is 2.12. The molecule has 1 saturated carbocycles. The highest BCUT2D eigenvalue weighted by Gasteiger charge is 2.16. The molecular weight excluding hydrogens is 270 g/mol. The molecule has 0 amide bonds. The summed E-state index contributed by atoms with van der Waals surface area (Å²) in [6.45, 7) is 0. The Bertz CT molecular complexity index is 400. The largest absolute Gasteiger partial charge is 0.478 e. The summed E-state index contributed by atoms with van der Waals surface area (Å²) in [4.78, 5) is 10.8. The Morgan fingerprint density at radius 1 is 1.38 bits per heavy atom. The molecule has 0 unspecified atom stereocenters. The van der Waals surface area contributed by atoms with E-state index in [1.54, 1.807) is 12.1 Å². The van der Waals surface area contributed by atoms with Crippen LogP contribution in [0.5, 0.6) is 0 Å². The molecule has 1 aliphatic carbocycles. The van der Waals surface area contributed by atoms with Gasteiger partial charge >= 0.3 is 5.97 Å². The van der Waals surface area contributed by atoms with Crippen LogP contribution in [0.1, 0.15) is 36.0 Å². The average molecular weight is 284 g/mol.